The monoisotopic (exact) mass is 485 g/mol. The highest BCUT2D eigenvalue weighted by Gasteiger charge is 2.22. The molecule has 1 heterocycles. The lowest BCUT2D eigenvalue weighted by atomic mass is 10.1. The maximum Gasteiger partial charge on any atom is 0.262 e. The molecule has 2 amide bonds. The largest absolute Gasteiger partial charge is 0.352 e. The first-order chi connectivity index (χ1) is 17.0. The van der Waals surface area contributed by atoms with Gasteiger partial charge in [0.05, 0.1) is 10.6 Å². The highest BCUT2D eigenvalue weighted by molar-refractivity contribution is 8.04. The van der Waals surface area contributed by atoms with Gasteiger partial charge in [0, 0.05) is 36.1 Å². The van der Waals surface area contributed by atoms with Crippen LogP contribution >= 0.6 is 11.8 Å². The number of nitrogens with one attached hydrogen (secondary N) is 2. The molecular formula is C29H31N3O2S. The standard InChI is InChI=1S/C29H31N3O2S/c1-21(2)32(20-23-12-7-4-8-13-23)17-9-16-30-28(33)24-14-15-26-25(19-24)31-29(34)27(35-26)18-22-10-5-3-6-11-22/h3-8,10-15,18-19,21H,9,16-17,20H2,1-2H3,(H,30,33)(H,31,34). The Morgan fingerprint density at radius 3 is 2.46 bits per heavy atom. The van der Waals surface area contributed by atoms with Crippen LogP contribution in [0.3, 0.4) is 0 Å². The summed E-state index contributed by atoms with van der Waals surface area (Å²) in [7, 11) is 0. The van der Waals surface area contributed by atoms with Crippen LogP contribution in [0.1, 0.15) is 41.8 Å². The molecule has 3 aromatic rings. The Labute approximate surface area is 211 Å². The number of anilines is 1. The van der Waals surface area contributed by atoms with Gasteiger partial charge in [0.2, 0.25) is 0 Å². The molecule has 0 unspecified atom stereocenters. The molecule has 5 nitrogen and oxygen atoms in total. The molecule has 0 radical (unpaired) electrons. The normalized spacial score (nSPS) is 14.2. The van der Waals surface area contributed by atoms with Crippen molar-refractivity contribution < 1.29 is 9.59 Å². The van der Waals surface area contributed by atoms with E-state index in [-0.39, 0.29) is 11.8 Å². The van der Waals surface area contributed by atoms with Crippen LogP contribution in [0.2, 0.25) is 0 Å². The Morgan fingerprint density at radius 1 is 1.03 bits per heavy atom. The van der Waals surface area contributed by atoms with Crippen LogP contribution < -0.4 is 10.6 Å². The summed E-state index contributed by atoms with van der Waals surface area (Å²) >= 11 is 1.42. The van der Waals surface area contributed by atoms with Crippen molar-refractivity contribution in [2.75, 3.05) is 18.4 Å². The summed E-state index contributed by atoms with van der Waals surface area (Å²) in [5.41, 5.74) is 3.49. The van der Waals surface area contributed by atoms with E-state index in [0.717, 1.165) is 30.0 Å². The SMILES string of the molecule is CC(C)N(CCCNC(=O)c1ccc2c(c1)NC(=O)C(=Cc1ccccc1)S2)Cc1ccccc1. The minimum atomic E-state index is -0.156. The fourth-order valence-corrected chi connectivity index (χ4v) is 4.86. The average Bonchev–Trinajstić information content (AvgIpc) is 2.87. The van der Waals surface area contributed by atoms with Gasteiger partial charge in [0.15, 0.2) is 0 Å². The molecule has 0 aliphatic carbocycles. The Morgan fingerprint density at radius 2 is 1.74 bits per heavy atom. The molecule has 2 N–H and O–H groups in total. The van der Waals surface area contributed by atoms with E-state index in [1.54, 1.807) is 6.07 Å². The van der Waals surface area contributed by atoms with E-state index in [4.69, 9.17) is 0 Å². The molecule has 0 saturated carbocycles. The molecule has 0 spiro atoms. The lowest BCUT2D eigenvalue weighted by Crippen LogP contribution is -2.34. The van der Waals surface area contributed by atoms with Crippen LogP contribution in [-0.2, 0) is 11.3 Å². The van der Waals surface area contributed by atoms with Crippen molar-refractivity contribution in [3.63, 3.8) is 0 Å². The molecule has 0 atom stereocenters. The van der Waals surface area contributed by atoms with Crippen LogP contribution in [-0.4, -0.2) is 35.8 Å². The minimum Gasteiger partial charge on any atom is -0.352 e. The van der Waals surface area contributed by atoms with E-state index in [1.807, 2.05) is 54.6 Å². The fraction of sp³-hybridized carbons (Fsp3) is 0.241. The molecule has 35 heavy (non-hydrogen) atoms. The number of fused-ring (bicyclic) bond motifs is 1. The first-order valence-corrected chi connectivity index (χ1v) is 12.8. The van der Waals surface area contributed by atoms with Gasteiger partial charge < -0.3 is 10.6 Å². The molecule has 0 aromatic heterocycles. The molecule has 3 aromatic carbocycles. The number of thioether (sulfide) groups is 1. The highest BCUT2D eigenvalue weighted by Crippen LogP contribution is 2.39. The van der Waals surface area contributed by atoms with Gasteiger partial charge in [0.25, 0.3) is 11.8 Å². The summed E-state index contributed by atoms with van der Waals surface area (Å²) in [6.07, 6.45) is 2.74. The van der Waals surface area contributed by atoms with E-state index in [9.17, 15) is 9.59 Å². The maximum absolute atomic E-state index is 12.7. The van der Waals surface area contributed by atoms with E-state index in [0.29, 0.717) is 28.7 Å². The van der Waals surface area contributed by atoms with Crippen molar-refractivity contribution in [1.29, 1.82) is 0 Å². The molecule has 0 saturated heterocycles. The molecule has 0 bridgehead atoms. The maximum atomic E-state index is 12.7. The fourth-order valence-electron chi connectivity index (χ4n) is 3.93. The first-order valence-electron chi connectivity index (χ1n) is 12.0. The average molecular weight is 486 g/mol. The number of carbonyl (C=O) groups is 2. The van der Waals surface area contributed by atoms with Crippen molar-refractivity contribution in [2.24, 2.45) is 0 Å². The summed E-state index contributed by atoms with van der Waals surface area (Å²) in [6.45, 7) is 6.79. The Kier molecular flexibility index (Phi) is 8.40. The van der Waals surface area contributed by atoms with Crippen molar-refractivity contribution in [3.8, 4) is 0 Å². The third-order valence-electron chi connectivity index (χ3n) is 5.90. The number of carbonyl (C=O) groups excluding carboxylic acids is 2. The summed E-state index contributed by atoms with van der Waals surface area (Å²) < 4.78 is 0. The van der Waals surface area contributed by atoms with Crippen molar-refractivity contribution in [3.05, 3.63) is 100 Å². The number of hydrogen-bond acceptors (Lipinski definition) is 4. The predicted octanol–water partition coefficient (Wildman–Crippen LogP) is 5.80. The number of hydrogen-bond donors (Lipinski definition) is 2. The van der Waals surface area contributed by atoms with Gasteiger partial charge in [-0.1, -0.05) is 72.4 Å². The van der Waals surface area contributed by atoms with Crippen molar-refractivity contribution in [1.82, 2.24) is 10.2 Å². The third kappa shape index (κ3) is 6.84. The quantitative estimate of drug-likeness (QED) is 0.297. The summed E-state index contributed by atoms with van der Waals surface area (Å²) in [4.78, 5) is 29.3. The van der Waals surface area contributed by atoms with Crippen LogP contribution in [0.25, 0.3) is 6.08 Å². The molecule has 180 valence electrons. The molecule has 1 aliphatic rings. The van der Waals surface area contributed by atoms with E-state index in [1.165, 1.54) is 17.3 Å². The third-order valence-corrected chi connectivity index (χ3v) is 7.00. The molecule has 4 rings (SSSR count). The number of amides is 2. The summed E-state index contributed by atoms with van der Waals surface area (Å²) in [5.74, 6) is -0.284. The lowest BCUT2D eigenvalue weighted by Gasteiger charge is -2.26. The van der Waals surface area contributed by atoms with E-state index >= 15 is 0 Å². The second kappa shape index (κ2) is 11.9. The zero-order valence-electron chi connectivity index (χ0n) is 20.2. The van der Waals surface area contributed by atoms with Gasteiger partial charge in [0.1, 0.15) is 0 Å². The van der Waals surface area contributed by atoms with Gasteiger partial charge in [-0.05, 0) is 55.7 Å². The molecule has 6 heteroatoms. The van der Waals surface area contributed by atoms with Crippen LogP contribution in [0.5, 0.6) is 0 Å². The summed E-state index contributed by atoms with van der Waals surface area (Å²) in [5, 5.41) is 5.95. The Hall–Kier alpha value is -3.35. The van der Waals surface area contributed by atoms with E-state index < -0.39 is 0 Å². The number of rotatable bonds is 9. The zero-order valence-corrected chi connectivity index (χ0v) is 21.0. The topological polar surface area (TPSA) is 61.4 Å². The Bertz CT molecular complexity index is 1190. The highest BCUT2D eigenvalue weighted by atomic mass is 32.2. The van der Waals surface area contributed by atoms with Crippen LogP contribution in [0, 0.1) is 0 Å². The van der Waals surface area contributed by atoms with Crippen LogP contribution in [0.4, 0.5) is 5.69 Å². The van der Waals surface area contributed by atoms with Gasteiger partial charge in [-0.3, -0.25) is 14.5 Å². The molecule has 0 fully saturated rings. The lowest BCUT2D eigenvalue weighted by molar-refractivity contribution is -0.112. The second-order valence-corrected chi connectivity index (χ2v) is 9.93. The predicted molar refractivity (Wildman–Crippen MR) is 144 cm³/mol. The first kappa shape index (κ1) is 24.8. The van der Waals surface area contributed by atoms with Crippen molar-refractivity contribution in [2.45, 2.75) is 37.8 Å². The van der Waals surface area contributed by atoms with Gasteiger partial charge in [-0.15, -0.1) is 0 Å². The molecule has 1 aliphatic heterocycles. The number of nitrogens with zero attached hydrogens (tertiary/aromatic N) is 1. The summed E-state index contributed by atoms with van der Waals surface area (Å²) in [6, 6.07) is 26.1. The Balaban J connectivity index is 1.31. The smallest absolute Gasteiger partial charge is 0.262 e. The van der Waals surface area contributed by atoms with Crippen LogP contribution in [0.15, 0.2) is 88.7 Å². The van der Waals surface area contributed by atoms with Gasteiger partial charge in [-0.25, -0.2) is 0 Å². The van der Waals surface area contributed by atoms with Gasteiger partial charge >= 0.3 is 0 Å². The second-order valence-electron chi connectivity index (χ2n) is 8.85. The van der Waals surface area contributed by atoms with E-state index in [2.05, 4.69) is 53.6 Å². The van der Waals surface area contributed by atoms with Gasteiger partial charge in [-0.2, -0.15) is 0 Å². The number of benzene rings is 3. The zero-order chi connectivity index (χ0) is 24.6. The van der Waals surface area contributed by atoms with Crippen molar-refractivity contribution >= 4 is 35.3 Å². The molecular weight excluding hydrogens is 454 g/mol. The minimum absolute atomic E-state index is 0.128.